The van der Waals surface area contributed by atoms with Crippen LogP contribution in [0.4, 0.5) is 0 Å². The van der Waals surface area contributed by atoms with E-state index in [-0.39, 0.29) is 5.41 Å². The summed E-state index contributed by atoms with van der Waals surface area (Å²) < 4.78 is 2.33. The number of carbonyl (C=O) groups is 1. The molecule has 1 saturated heterocycles. The molecule has 1 unspecified atom stereocenters. The Labute approximate surface area is 156 Å². The molecule has 0 radical (unpaired) electrons. The predicted molar refractivity (Wildman–Crippen MR) is 99.7 cm³/mol. The summed E-state index contributed by atoms with van der Waals surface area (Å²) in [5.41, 5.74) is 0.267. The highest BCUT2D eigenvalue weighted by molar-refractivity contribution is 5.76. The summed E-state index contributed by atoms with van der Waals surface area (Å²) in [5, 5.41) is 8.81. The Hall–Kier alpha value is -1.39. The van der Waals surface area contributed by atoms with Crippen molar-refractivity contribution in [2.24, 2.45) is 11.3 Å². The minimum absolute atomic E-state index is 0.267. The fourth-order valence-electron chi connectivity index (χ4n) is 6.02. The molecule has 0 aromatic carbocycles. The van der Waals surface area contributed by atoms with Crippen LogP contribution in [0, 0.1) is 11.3 Å². The number of rotatable bonds is 5. The fraction of sp³-hybridized carbons (Fsp3) is 0.857. The summed E-state index contributed by atoms with van der Waals surface area (Å²) in [6.07, 6.45) is 16.8. The average molecular weight is 357 g/mol. The molecular weight excluding hydrogens is 324 g/mol. The van der Waals surface area contributed by atoms with Gasteiger partial charge in [0, 0.05) is 31.5 Å². The van der Waals surface area contributed by atoms with Crippen LogP contribution in [0.1, 0.15) is 94.8 Å². The first-order valence-electron chi connectivity index (χ1n) is 10.9. The molecule has 2 heterocycles. The van der Waals surface area contributed by atoms with E-state index < -0.39 is 0 Å². The van der Waals surface area contributed by atoms with E-state index in [0.717, 1.165) is 31.8 Å². The number of hydrogen-bond donors (Lipinski definition) is 0. The number of amides is 1. The molecule has 3 saturated carbocycles. The van der Waals surface area contributed by atoms with E-state index in [9.17, 15) is 4.79 Å². The van der Waals surface area contributed by atoms with Crippen molar-refractivity contribution in [3.63, 3.8) is 0 Å². The van der Waals surface area contributed by atoms with E-state index in [1.54, 1.807) is 0 Å². The molecule has 5 heteroatoms. The van der Waals surface area contributed by atoms with Gasteiger partial charge in [0.25, 0.3) is 0 Å². The SMILES string of the molecule is O=C(CCC1CCCC1)N1CC(c2nncn2C2CC2)C2(CCCC2)C1. The standard InChI is InChI=1S/C21H32N4O/c26-19(10-7-16-5-1-2-6-16)24-13-18(21(14-24)11-3-4-12-21)20-23-22-15-25(20)17-8-9-17/h15-18H,1-14H2. The molecule has 0 N–H and O–H groups in total. The van der Waals surface area contributed by atoms with E-state index in [0.29, 0.717) is 17.9 Å². The van der Waals surface area contributed by atoms with Crippen LogP contribution >= 0.6 is 0 Å². The van der Waals surface area contributed by atoms with E-state index in [2.05, 4.69) is 19.7 Å². The Morgan fingerprint density at radius 1 is 1.12 bits per heavy atom. The Morgan fingerprint density at radius 3 is 2.62 bits per heavy atom. The molecule has 5 rings (SSSR count). The molecule has 0 bridgehead atoms. The van der Waals surface area contributed by atoms with Crippen molar-refractivity contribution in [2.45, 2.75) is 89.0 Å². The van der Waals surface area contributed by atoms with Crippen LogP contribution in [-0.2, 0) is 4.79 Å². The maximum atomic E-state index is 13.0. The summed E-state index contributed by atoms with van der Waals surface area (Å²) in [4.78, 5) is 15.2. The van der Waals surface area contributed by atoms with Crippen LogP contribution in [0.25, 0.3) is 0 Å². The van der Waals surface area contributed by atoms with Gasteiger partial charge in [-0.15, -0.1) is 10.2 Å². The molecule has 1 aliphatic heterocycles. The van der Waals surface area contributed by atoms with Gasteiger partial charge in [-0.1, -0.05) is 38.5 Å². The highest BCUT2D eigenvalue weighted by Crippen LogP contribution is 2.54. The minimum atomic E-state index is 0.267. The summed E-state index contributed by atoms with van der Waals surface area (Å²) in [6, 6.07) is 0.616. The molecule has 1 atom stereocenters. The van der Waals surface area contributed by atoms with Crippen LogP contribution in [0.2, 0.25) is 0 Å². The van der Waals surface area contributed by atoms with Crippen LogP contribution in [0.5, 0.6) is 0 Å². The van der Waals surface area contributed by atoms with Gasteiger partial charge >= 0.3 is 0 Å². The van der Waals surface area contributed by atoms with E-state index in [1.165, 1.54) is 70.0 Å². The largest absolute Gasteiger partial charge is 0.341 e. The number of hydrogen-bond acceptors (Lipinski definition) is 3. The van der Waals surface area contributed by atoms with Crippen LogP contribution in [0.15, 0.2) is 6.33 Å². The quantitative estimate of drug-likeness (QED) is 0.799. The van der Waals surface area contributed by atoms with Gasteiger partial charge in [0.05, 0.1) is 0 Å². The molecular formula is C21H32N4O. The van der Waals surface area contributed by atoms with Crippen LogP contribution < -0.4 is 0 Å². The molecule has 26 heavy (non-hydrogen) atoms. The monoisotopic (exact) mass is 356 g/mol. The van der Waals surface area contributed by atoms with Gasteiger partial charge < -0.3 is 9.47 Å². The maximum Gasteiger partial charge on any atom is 0.222 e. The summed E-state index contributed by atoms with van der Waals surface area (Å²) in [6.45, 7) is 1.83. The van der Waals surface area contributed by atoms with Crippen molar-refractivity contribution in [3.8, 4) is 0 Å². The molecule has 1 aromatic heterocycles. The van der Waals surface area contributed by atoms with Crippen molar-refractivity contribution in [3.05, 3.63) is 12.2 Å². The van der Waals surface area contributed by atoms with Gasteiger partial charge in [-0.25, -0.2) is 0 Å². The van der Waals surface area contributed by atoms with Crippen LogP contribution in [0.3, 0.4) is 0 Å². The van der Waals surface area contributed by atoms with Gasteiger partial charge in [-0.2, -0.15) is 0 Å². The van der Waals surface area contributed by atoms with Gasteiger partial charge in [0.2, 0.25) is 5.91 Å². The second-order valence-corrected chi connectivity index (χ2v) is 9.41. The highest BCUT2D eigenvalue weighted by Gasteiger charge is 2.52. The van der Waals surface area contributed by atoms with E-state index in [4.69, 9.17) is 0 Å². The number of nitrogens with zero attached hydrogens (tertiary/aromatic N) is 4. The zero-order valence-corrected chi connectivity index (χ0v) is 15.9. The summed E-state index contributed by atoms with van der Waals surface area (Å²) in [5.74, 6) is 2.75. The normalized spacial score (nSPS) is 28.5. The van der Waals surface area contributed by atoms with Crippen molar-refractivity contribution in [2.75, 3.05) is 13.1 Å². The third kappa shape index (κ3) is 2.97. The molecule has 4 fully saturated rings. The number of aromatic nitrogens is 3. The molecule has 1 aromatic rings. The Bertz CT molecular complexity index is 653. The number of likely N-dealkylation sites (tertiary alicyclic amines) is 1. The lowest BCUT2D eigenvalue weighted by molar-refractivity contribution is -0.130. The molecule has 5 nitrogen and oxygen atoms in total. The first-order valence-corrected chi connectivity index (χ1v) is 10.9. The number of carbonyl (C=O) groups excluding carboxylic acids is 1. The molecule has 3 aliphatic carbocycles. The van der Waals surface area contributed by atoms with E-state index in [1.807, 2.05) is 6.33 Å². The van der Waals surface area contributed by atoms with Gasteiger partial charge in [0.1, 0.15) is 12.2 Å². The Balaban J connectivity index is 1.32. The minimum Gasteiger partial charge on any atom is -0.341 e. The average Bonchev–Trinajstić information content (AvgIpc) is 3.14. The third-order valence-corrected chi connectivity index (χ3v) is 7.69. The van der Waals surface area contributed by atoms with E-state index >= 15 is 0 Å². The zero-order chi connectivity index (χ0) is 17.6. The van der Waals surface area contributed by atoms with Gasteiger partial charge in [-0.3, -0.25) is 4.79 Å². The van der Waals surface area contributed by atoms with Gasteiger partial charge in [-0.05, 0) is 43.4 Å². The lowest BCUT2D eigenvalue weighted by atomic mass is 9.76. The molecule has 142 valence electrons. The summed E-state index contributed by atoms with van der Waals surface area (Å²) >= 11 is 0. The van der Waals surface area contributed by atoms with Crippen molar-refractivity contribution in [1.29, 1.82) is 0 Å². The zero-order valence-electron chi connectivity index (χ0n) is 15.9. The third-order valence-electron chi connectivity index (χ3n) is 7.69. The second-order valence-electron chi connectivity index (χ2n) is 9.41. The topological polar surface area (TPSA) is 51.0 Å². The van der Waals surface area contributed by atoms with Crippen molar-refractivity contribution < 1.29 is 4.79 Å². The molecule has 1 amide bonds. The van der Waals surface area contributed by atoms with Crippen molar-refractivity contribution in [1.82, 2.24) is 19.7 Å². The molecule has 1 spiro atoms. The first-order chi connectivity index (χ1) is 12.8. The lowest BCUT2D eigenvalue weighted by Gasteiger charge is -2.29. The predicted octanol–water partition coefficient (Wildman–Crippen LogP) is 4.07. The lowest BCUT2D eigenvalue weighted by Crippen LogP contribution is -2.31. The smallest absolute Gasteiger partial charge is 0.222 e. The Morgan fingerprint density at radius 2 is 1.88 bits per heavy atom. The maximum absolute atomic E-state index is 13.0. The van der Waals surface area contributed by atoms with Gasteiger partial charge in [0.15, 0.2) is 0 Å². The highest BCUT2D eigenvalue weighted by atomic mass is 16.2. The van der Waals surface area contributed by atoms with Crippen LogP contribution in [-0.4, -0.2) is 38.7 Å². The first kappa shape index (κ1) is 16.8. The second kappa shape index (κ2) is 6.65. The fourth-order valence-corrected chi connectivity index (χ4v) is 6.02. The molecule has 4 aliphatic rings. The van der Waals surface area contributed by atoms with Crippen molar-refractivity contribution >= 4 is 5.91 Å². The Kier molecular flexibility index (Phi) is 4.29. The summed E-state index contributed by atoms with van der Waals surface area (Å²) in [7, 11) is 0.